The summed E-state index contributed by atoms with van der Waals surface area (Å²) in [5, 5.41) is 22.6. The van der Waals surface area contributed by atoms with Gasteiger partial charge in [0.15, 0.2) is 5.03 Å². The van der Waals surface area contributed by atoms with Crippen molar-refractivity contribution in [3.63, 3.8) is 0 Å². The molecule has 1 rings (SSSR count). The van der Waals surface area contributed by atoms with Crippen LogP contribution >= 0.6 is 11.8 Å². The maximum atomic E-state index is 12.1. The highest BCUT2D eigenvalue weighted by Crippen LogP contribution is 2.24. The lowest BCUT2D eigenvalue weighted by Crippen LogP contribution is -2.49. The molecule has 0 bridgehead atoms. The minimum atomic E-state index is -0.661. The highest BCUT2D eigenvalue weighted by Gasteiger charge is 2.23. The second kappa shape index (κ2) is 7.66. The molecule has 5 N–H and O–H groups in total. The van der Waals surface area contributed by atoms with Crippen molar-refractivity contribution in [3.8, 4) is 12.1 Å². The van der Waals surface area contributed by atoms with Crippen molar-refractivity contribution in [2.75, 3.05) is 5.73 Å². The number of nitriles is 2. The number of hydrogen-bond donors (Lipinski definition) is 3. The number of nitrogens with zero attached hydrogens (tertiary/aromatic N) is 2. The number of H-pyrrole nitrogens is 1. The number of aromatic nitrogens is 1. The summed E-state index contributed by atoms with van der Waals surface area (Å²) in [5.41, 5.74) is 5.57. The molecule has 0 aliphatic heterocycles. The second-order valence-electron chi connectivity index (χ2n) is 6.02. The molecule has 1 heterocycles. The predicted octanol–water partition coefficient (Wildman–Crippen LogP) is 0.931. The summed E-state index contributed by atoms with van der Waals surface area (Å²) in [6, 6.07) is 4.57. The van der Waals surface area contributed by atoms with Gasteiger partial charge in [-0.05, 0) is 33.8 Å². The van der Waals surface area contributed by atoms with Crippen molar-refractivity contribution in [2.24, 2.45) is 0 Å². The normalized spacial score (nSPS) is 11.8. The van der Waals surface area contributed by atoms with Crippen molar-refractivity contribution < 1.29 is 14.6 Å². The van der Waals surface area contributed by atoms with Gasteiger partial charge in [-0.2, -0.15) is 10.5 Å². The smallest absolute Gasteiger partial charge is 0.321 e. The number of nitrogens with one attached hydrogen (secondary N) is 3. The Morgan fingerprint density at radius 1 is 1.29 bits per heavy atom. The average molecular weight is 347 g/mol. The number of imide groups is 1. The van der Waals surface area contributed by atoms with Crippen LogP contribution < -0.4 is 21.4 Å². The number of pyridine rings is 1. The molecule has 0 aliphatic carbocycles. The number of nitrogen functional groups attached to an aromatic ring is 1. The first-order chi connectivity index (χ1) is 11.1. The molecule has 9 heteroatoms. The third-order valence-electron chi connectivity index (χ3n) is 2.70. The number of urea groups is 1. The van der Waals surface area contributed by atoms with Crippen molar-refractivity contribution in [3.05, 3.63) is 17.2 Å². The fourth-order valence-electron chi connectivity index (χ4n) is 1.63. The van der Waals surface area contributed by atoms with Crippen LogP contribution in [0.2, 0.25) is 0 Å². The third-order valence-corrected chi connectivity index (χ3v) is 3.83. The van der Waals surface area contributed by atoms with Crippen LogP contribution in [-0.2, 0) is 4.79 Å². The second-order valence-corrected chi connectivity index (χ2v) is 7.37. The first-order valence-electron chi connectivity index (χ1n) is 7.03. The molecule has 0 radical (unpaired) electrons. The molecule has 126 valence electrons. The lowest BCUT2D eigenvalue weighted by atomic mass is 10.1. The Kier molecular flexibility index (Phi) is 6.15. The van der Waals surface area contributed by atoms with E-state index in [1.165, 1.54) is 6.07 Å². The molecule has 0 spiro atoms. The molecule has 0 unspecified atom stereocenters. The molecule has 1 aromatic rings. The standard InChI is InChI=1S/C15H18N6O2S/c1-8(12(22)20-14(23)21-15(2,3)4)24-13-10(7-17)5-9(6-16)11(18)19-13/h5,8H,1-4H3,(H2,18,19)(H2,20,21,22,23)/p+1/t8-/m0/s1. The Morgan fingerprint density at radius 3 is 2.38 bits per heavy atom. The Labute approximate surface area is 144 Å². The average Bonchev–Trinajstić information content (AvgIpc) is 2.45. The minimum Gasteiger partial charge on any atom is -0.333 e. The summed E-state index contributed by atoms with van der Waals surface area (Å²) in [7, 11) is 0. The summed E-state index contributed by atoms with van der Waals surface area (Å²) < 4.78 is 0. The topological polar surface area (TPSA) is 146 Å². The van der Waals surface area contributed by atoms with Crippen LogP contribution in [0.25, 0.3) is 0 Å². The number of carbonyl (C=O) groups excluding carboxylic acids is 2. The van der Waals surface area contributed by atoms with E-state index in [-0.39, 0.29) is 16.9 Å². The molecule has 24 heavy (non-hydrogen) atoms. The van der Waals surface area contributed by atoms with E-state index in [9.17, 15) is 9.59 Å². The number of hydrogen-bond acceptors (Lipinski definition) is 6. The van der Waals surface area contributed by atoms with Gasteiger partial charge < -0.3 is 5.32 Å². The van der Waals surface area contributed by atoms with E-state index in [2.05, 4.69) is 15.6 Å². The Morgan fingerprint density at radius 2 is 1.88 bits per heavy atom. The molecule has 3 amide bonds. The van der Waals surface area contributed by atoms with Gasteiger partial charge in [0, 0.05) is 5.54 Å². The molecule has 1 aromatic heterocycles. The number of thioether (sulfide) groups is 1. The van der Waals surface area contributed by atoms with Crippen LogP contribution in [0.5, 0.6) is 0 Å². The van der Waals surface area contributed by atoms with Crippen LogP contribution in [0, 0.1) is 22.7 Å². The quantitative estimate of drug-likeness (QED) is 0.693. The van der Waals surface area contributed by atoms with Crippen molar-refractivity contribution in [1.29, 1.82) is 10.5 Å². The van der Waals surface area contributed by atoms with Gasteiger partial charge in [-0.3, -0.25) is 15.8 Å². The largest absolute Gasteiger partial charge is 0.333 e. The number of anilines is 1. The third kappa shape index (κ3) is 5.45. The van der Waals surface area contributed by atoms with E-state index in [1.807, 2.05) is 12.1 Å². The first kappa shape index (κ1) is 19.3. The van der Waals surface area contributed by atoms with Crippen LogP contribution in [0.15, 0.2) is 11.1 Å². The molecule has 0 aromatic carbocycles. The predicted molar refractivity (Wildman–Crippen MR) is 88.6 cm³/mol. The van der Waals surface area contributed by atoms with E-state index in [1.54, 1.807) is 27.7 Å². The van der Waals surface area contributed by atoms with Gasteiger partial charge in [0.1, 0.15) is 23.3 Å². The van der Waals surface area contributed by atoms with E-state index in [0.717, 1.165) is 11.8 Å². The van der Waals surface area contributed by atoms with Crippen molar-refractivity contribution >= 4 is 29.5 Å². The lowest BCUT2D eigenvalue weighted by Gasteiger charge is -2.21. The SMILES string of the molecule is C[C@H](Sc1[nH+]c(N)c(C#N)cc1C#N)C(=O)NC(=O)NC(C)(C)C. The molecule has 0 aliphatic rings. The summed E-state index contributed by atoms with van der Waals surface area (Å²) in [4.78, 5) is 26.5. The van der Waals surface area contributed by atoms with E-state index < -0.39 is 22.7 Å². The van der Waals surface area contributed by atoms with Gasteiger partial charge in [0.05, 0.1) is 5.25 Å². The van der Waals surface area contributed by atoms with Gasteiger partial charge >= 0.3 is 6.03 Å². The van der Waals surface area contributed by atoms with Crippen LogP contribution in [0.3, 0.4) is 0 Å². The molecular weight excluding hydrogens is 328 g/mol. The number of carbonyl (C=O) groups is 2. The van der Waals surface area contributed by atoms with Crippen LogP contribution in [0.1, 0.15) is 38.8 Å². The molecule has 0 saturated carbocycles. The van der Waals surface area contributed by atoms with Crippen molar-refractivity contribution in [2.45, 2.75) is 43.5 Å². The first-order valence-corrected chi connectivity index (χ1v) is 7.91. The minimum absolute atomic E-state index is 0.108. The summed E-state index contributed by atoms with van der Waals surface area (Å²) in [5.74, 6) is -0.404. The zero-order chi connectivity index (χ0) is 18.5. The highest BCUT2D eigenvalue weighted by atomic mass is 32.2. The molecule has 8 nitrogen and oxygen atoms in total. The van der Waals surface area contributed by atoms with Crippen LogP contribution in [-0.4, -0.2) is 22.7 Å². The van der Waals surface area contributed by atoms with Gasteiger partial charge in [-0.1, -0.05) is 11.8 Å². The number of nitrogens with two attached hydrogens (primary N) is 1. The van der Waals surface area contributed by atoms with E-state index in [0.29, 0.717) is 5.03 Å². The fourth-order valence-corrected chi connectivity index (χ4v) is 2.55. The maximum absolute atomic E-state index is 12.1. The van der Waals surface area contributed by atoms with Crippen molar-refractivity contribution in [1.82, 2.24) is 10.6 Å². The van der Waals surface area contributed by atoms with Gasteiger partial charge in [-0.25, -0.2) is 9.78 Å². The number of amides is 3. The summed E-state index contributed by atoms with van der Waals surface area (Å²) in [6.07, 6.45) is 0. The summed E-state index contributed by atoms with van der Waals surface area (Å²) >= 11 is 1.04. The van der Waals surface area contributed by atoms with Gasteiger partial charge in [0.2, 0.25) is 5.91 Å². The lowest BCUT2D eigenvalue weighted by molar-refractivity contribution is -0.410. The highest BCUT2D eigenvalue weighted by molar-refractivity contribution is 8.00. The van der Waals surface area contributed by atoms with E-state index >= 15 is 0 Å². The number of rotatable bonds is 3. The number of aromatic amines is 1. The zero-order valence-corrected chi connectivity index (χ0v) is 14.7. The van der Waals surface area contributed by atoms with Gasteiger partial charge in [-0.15, -0.1) is 0 Å². The maximum Gasteiger partial charge on any atom is 0.321 e. The Balaban J connectivity index is 2.85. The van der Waals surface area contributed by atoms with E-state index in [4.69, 9.17) is 16.3 Å². The molecule has 0 saturated heterocycles. The fraction of sp³-hybridized carbons (Fsp3) is 0.400. The summed E-state index contributed by atoms with van der Waals surface area (Å²) in [6.45, 7) is 6.97. The Bertz CT molecular complexity index is 742. The van der Waals surface area contributed by atoms with Gasteiger partial charge in [0.25, 0.3) is 5.82 Å². The molecular formula is C15H19N6O2S+. The van der Waals surface area contributed by atoms with Crippen LogP contribution in [0.4, 0.5) is 10.6 Å². The molecule has 0 fully saturated rings. The Hall–Kier alpha value is -2.78. The zero-order valence-electron chi connectivity index (χ0n) is 13.9. The molecule has 1 atom stereocenters. The monoisotopic (exact) mass is 347 g/mol.